The van der Waals surface area contributed by atoms with Crippen LogP contribution in [0.5, 0.6) is 0 Å². The van der Waals surface area contributed by atoms with Crippen molar-refractivity contribution in [3.63, 3.8) is 0 Å². The number of fused-ring (bicyclic) bond motifs is 2. The van der Waals surface area contributed by atoms with E-state index in [2.05, 4.69) is 15.3 Å². The number of anilines is 1. The molecule has 1 aromatic carbocycles. The van der Waals surface area contributed by atoms with Gasteiger partial charge in [-0.05, 0) is 12.1 Å². The van der Waals surface area contributed by atoms with Crippen LogP contribution in [0.15, 0.2) is 30.3 Å². The summed E-state index contributed by atoms with van der Waals surface area (Å²) in [5.41, 5.74) is 2.07. The van der Waals surface area contributed by atoms with Gasteiger partial charge in [0.05, 0.1) is 12.2 Å². The average Bonchev–Trinajstić information content (AvgIpc) is 3.22. The molecular formula is C20H22N4O2S. The van der Waals surface area contributed by atoms with Crippen molar-refractivity contribution >= 4 is 39.2 Å². The van der Waals surface area contributed by atoms with Gasteiger partial charge in [0.2, 0.25) is 5.91 Å². The van der Waals surface area contributed by atoms with E-state index in [-0.39, 0.29) is 11.8 Å². The van der Waals surface area contributed by atoms with Gasteiger partial charge < -0.3 is 15.2 Å². The Morgan fingerprint density at radius 3 is 2.78 bits per heavy atom. The molecule has 2 N–H and O–H groups in total. The van der Waals surface area contributed by atoms with Crippen LogP contribution in [-0.4, -0.2) is 33.2 Å². The number of H-pyrrole nitrogens is 1. The minimum atomic E-state index is -0.468. The van der Waals surface area contributed by atoms with Crippen LogP contribution in [0.2, 0.25) is 0 Å². The van der Waals surface area contributed by atoms with Gasteiger partial charge in [0, 0.05) is 34.2 Å². The summed E-state index contributed by atoms with van der Waals surface area (Å²) >= 11 is 1.45. The molecule has 0 unspecified atom stereocenters. The Morgan fingerprint density at radius 1 is 1.26 bits per heavy atom. The predicted molar refractivity (Wildman–Crippen MR) is 107 cm³/mol. The quantitative estimate of drug-likeness (QED) is 0.707. The van der Waals surface area contributed by atoms with E-state index in [0.717, 1.165) is 21.5 Å². The van der Waals surface area contributed by atoms with Crippen LogP contribution in [-0.2, 0) is 17.8 Å². The molecule has 0 bridgehead atoms. The zero-order valence-corrected chi connectivity index (χ0v) is 16.4. The van der Waals surface area contributed by atoms with Crippen molar-refractivity contribution in [2.75, 3.05) is 11.9 Å². The largest absolute Gasteiger partial charge is 0.351 e. The SMILES string of the molecule is CC(C)(C)C(=O)Nc1nc2c(s1)CN(C(=O)c1cc3ccccc3[nH]1)CC2. The summed E-state index contributed by atoms with van der Waals surface area (Å²) in [5.74, 6) is -0.0647. The fourth-order valence-corrected chi connectivity index (χ4v) is 4.08. The van der Waals surface area contributed by atoms with Crippen molar-refractivity contribution < 1.29 is 9.59 Å². The molecule has 0 spiro atoms. The Bertz CT molecular complexity index is 995. The van der Waals surface area contributed by atoms with Gasteiger partial charge in [0.25, 0.3) is 5.91 Å². The van der Waals surface area contributed by atoms with E-state index < -0.39 is 5.41 Å². The van der Waals surface area contributed by atoms with Crippen molar-refractivity contribution in [1.82, 2.24) is 14.9 Å². The van der Waals surface area contributed by atoms with Gasteiger partial charge in [-0.3, -0.25) is 9.59 Å². The summed E-state index contributed by atoms with van der Waals surface area (Å²) < 4.78 is 0. The van der Waals surface area contributed by atoms with E-state index in [9.17, 15) is 9.59 Å². The van der Waals surface area contributed by atoms with E-state index >= 15 is 0 Å². The molecule has 0 saturated heterocycles. The van der Waals surface area contributed by atoms with E-state index in [1.54, 1.807) is 0 Å². The molecule has 0 fully saturated rings. The third-order valence-electron chi connectivity index (χ3n) is 4.68. The number of rotatable bonds is 2. The first-order valence-electron chi connectivity index (χ1n) is 8.98. The first kappa shape index (κ1) is 17.7. The highest BCUT2D eigenvalue weighted by molar-refractivity contribution is 7.15. The minimum absolute atomic E-state index is 0.00877. The molecule has 1 aliphatic heterocycles. The molecule has 0 atom stereocenters. The zero-order chi connectivity index (χ0) is 19.2. The van der Waals surface area contributed by atoms with Gasteiger partial charge >= 0.3 is 0 Å². The highest BCUT2D eigenvalue weighted by Gasteiger charge is 2.27. The van der Waals surface area contributed by atoms with Gasteiger partial charge in [-0.1, -0.05) is 50.3 Å². The number of aromatic nitrogens is 2. The number of nitrogens with one attached hydrogen (secondary N) is 2. The van der Waals surface area contributed by atoms with Crippen LogP contribution < -0.4 is 5.32 Å². The maximum Gasteiger partial charge on any atom is 0.270 e. The number of thiazole rings is 1. The van der Waals surface area contributed by atoms with Crippen LogP contribution in [0.4, 0.5) is 5.13 Å². The molecule has 2 aromatic heterocycles. The predicted octanol–water partition coefficient (Wildman–Crippen LogP) is 3.81. The highest BCUT2D eigenvalue weighted by atomic mass is 32.1. The molecular weight excluding hydrogens is 360 g/mol. The fourth-order valence-electron chi connectivity index (χ4n) is 3.07. The fraction of sp³-hybridized carbons (Fsp3) is 0.350. The summed E-state index contributed by atoms with van der Waals surface area (Å²) in [7, 11) is 0. The average molecular weight is 382 g/mol. The number of aromatic amines is 1. The van der Waals surface area contributed by atoms with Crippen LogP contribution in [0.3, 0.4) is 0 Å². The number of nitrogens with zero attached hydrogens (tertiary/aromatic N) is 2. The number of hydrogen-bond donors (Lipinski definition) is 2. The van der Waals surface area contributed by atoms with Crippen LogP contribution >= 0.6 is 11.3 Å². The van der Waals surface area contributed by atoms with Gasteiger partial charge in [-0.2, -0.15) is 0 Å². The Labute approximate surface area is 161 Å². The standard InChI is InChI=1S/C20H22N4O2S/c1-20(2,3)18(26)23-19-22-14-8-9-24(11-16(14)27-19)17(25)15-10-12-6-4-5-7-13(12)21-15/h4-7,10,21H,8-9,11H2,1-3H3,(H,22,23,26). The van der Waals surface area contributed by atoms with Crippen molar-refractivity contribution in [3.8, 4) is 0 Å². The van der Waals surface area contributed by atoms with E-state index in [1.807, 2.05) is 56.0 Å². The second-order valence-corrected chi connectivity index (χ2v) is 8.92. The molecule has 0 saturated carbocycles. The Balaban J connectivity index is 1.51. The van der Waals surface area contributed by atoms with Gasteiger partial charge in [0.15, 0.2) is 5.13 Å². The van der Waals surface area contributed by atoms with E-state index in [1.165, 1.54) is 11.3 Å². The third kappa shape index (κ3) is 3.47. The molecule has 6 nitrogen and oxygen atoms in total. The van der Waals surface area contributed by atoms with Gasteiger partial charge in [-0.25, -0.2) is 4.98 Å². The molecule has 27 heavy (non-hydrogen) atoms. The lowest BCUT2D eigenvalue weighted by Crippen LogP contribution is -2.35. The number of carbonyl (C=O) groups excluding carboxylic acids is 2. The monoisotopic (exact) mass is 382 g/mol. The maximum absolute atomic E-state index is 12.9. The van der Waals surface area contributed by atoms with Crippen molar-refractivity contribution in [3.05, 3.63) is 46.6 Å². The first-order valence-corrected chi connectivity index (χ1v) is 9.80. The minimum Gasteiger partial charge on any atom is -0.351 e. The highest BCUT2D eigenvalue weighted by Crippen LogP contribution is 2.30. The number of para-hydroxylation sites is 1. The lowest BCUT2D eigenvalue weighted by atomic mass is 9.96. The van der Waals surface area contributed by atoms with Crippen molar-refractivity contribution in [2.24, 2.45) is 5.41 Å². The first-order chi connectivity index (χ1) is 12.8. The number of carbonyl (C=O) groups is 2. The summed E-state index contributed by atoms with van der Waals surface area (Å²) in [5, 5.41) is 4.53. The van der Waals surface area contributed by atoms with E-state index in [4.69, 9.17) is 0 Å². The molecule has 0 aliphatic carbocycles. The zero-order valence-electron chi connectivity index (χ0n) is 15.6. The van der Waals surface area contributed by atoms with Crippen LogP contribution in [0.25, 0.3) is 10.9 Å². The molecule has 140 valence electrons. The summed E-state index contributed by atoms with van der Waals surface area (Å²) in [6.07, 6.45) is 0.698. The lowest BCUT2D eigenvalue weighted by molar-refractivity contribution is -0.123. The normalized spacial score (nSPS) is 14.3. The summed E-state index contributed by atoms with van der Waals surface area (Å²) in [6.45, 7) is 6.76. The van der Waals surface area contributed by atoms with Crippen molar-refractivity contribution in [1.29, 1.82) is 0 Å². The number of hydrogen-bond acceptors (Lipinski definition) is 4. The smallest absolute Gasteiger partial charge is 0.270 e. The van der Waals surface area contributed by atoms with Crippen LogP contribution in [0, 0.1) is 5.41 Å². The molecule has 4 rings (SSSR count). The van der Waals surface area contributed by atoms with E-state index in [0.29, 0.717) is 30.3 Å². The van der Waals surface area contributed by atoms with Crippen LogP contribution in [0.1, 0.15) is 41.8 Å². The topological polar surface area (TPSA) is 78.1 Å². The molecule has 7 heteroatoms. The molecule has 3 heterocycles. The number of benzene rings is 1. The number of amides is 2. The van der Waals surface area contributed by atoms with Gasteiger partial charge in [-0.15, -0.1) is 0 Å². The Kier molecular flexibility index (Phi) is 4.26. The summed E-state index contributed by atoms with van der Waals surface area (Å²) in [4.78, 5) is 35.7. The second-order valence-electron chi connectivity index (χ2n) is 7.84. The third-order valence-corrected chi connectivity index (χ3v) is 5.68. The Hall–Kier alpha value is -2.67. The molecule has 0 radical (unpaired) electrons. The molecule has 1 aliphatic rings. The van der Waals surface area contributed by atoms with Gasteiger partial charge in [0.1, 0.15) is 5.69 Å². The molecule has 3 aromatic rings. The molecule has 2 amide bonds. The van der Waals surface area contributed by atoms with Crippen molar-refractivity contribution in [2.45, 2.75) is 33.7 Å². The summed E-state index contributed by atoms with van der Waals surface area (Å²) in [6, 6.07) is 9.76. The maximum atomic E-state index is 12.9. The Morgan fingerprint density at radius 2 is 2.04 bits per heavy atom. The second kappa shape index (κ2) is 6.49. The lowest BCUT2D eigenvalue weighted by Gasteiger charge is -2.25.